The number of ether oxygens (including phenoxy) is 3. The number of nitrogens with one attached hydrogen (secondary N) is 1. The highest BCUT2D eigenvalue weighted by atomic mass is 16.7. The maximum Gasteiger partial charge on any atom is 0.254 e. The summed E-state index contributed by atoms with van der Waals surface area (Å²) in [5.74, 6) is 1.37. The minimum Gasteiger partial charge on any atom is -0.493 e. The predicted octanol–water partition coefficient (Wildman–Crippen LogP) is 5.87. The van der Waals surface area contributed by atoms with Crippen LogP contribution >= 0.6 is 0 Å². The van der Waals surface area contributed by atoms with Gasteiger partial charge in [-0.3, -0.25) is 9.78 Å². The first-order chi connectivity index (χ1) is 18.3. The van der Waals surface area contributed by atoms with Gasteiger partial charge in [-0.15, -0.1) is 0 Å². The average Bonchev–Trinajstić information content (AvgIpc) is 3.48. The fourth-order valence-electron chi connectivity index (χ4n) is 6.43. The fraction of sp³-hybridized carbons (Fsp3) is 0.484. The first kappa shape index (κ1) is 25.0. The van der Waals surface area contributed by atoms with Crippen LogP contribution in [0.2, 0.25) is 0 Å². The number of hydrogen-bond donors (Lipinski definition) is 1. The van der Waals surface area contributed by atoms with Gasteiger partial charge in [0.15, 0.2) is 11.5 Å². The number of aromatic nitrogens is 1. The van der Waals surface area contributed by atoms with Crippen molar-refractivity contribution in [3.63, 3.8) is 0 Å². The fourth-order valence-corrected chi connectivity index (χ4v) is 6.43. The van der Waals surface area contributed by atoms with Crippen LogP contribution in [0.4, 0.5) is 0 Å². The van der Waals surface area contributed by atoms with Crippen LogP contribution in [-0.2, 0) is 0 Å². The van der Waals surface area contributed by atoms with E-state index in [2.05, 4.69) is 24.4 Å². The van der Waals surface area contributed by atoms with Crippen molar-refractivity contribution in [2.45, 2.75) is 76.8 Å². The first-order valence-electron chi connectivity index (χ1n) is 13.8. The van der Waals surface area contributed by atoms with Crippen molar-refractivity contribution in [1.82, 2.24) is 15.2 Å². The van der Waals surface area contributed by atoms with Crippen molar-refractivity contribution in [1.29, 1.82) is 0 Å². The van der Waals surface area contributed by atoms with Gasteiger partial charge < -0.3 is 24.4 Å². The number of rotatable bonds is 6. The minimum absolute atomic E-state index is 0.0708. The topological polar surface area (TPSA) is 72.9 Å². The van der Waals surface area contributed by atoms with Gasteiger partial charge in [0.25, 0.3) is 5.91 Å². The molecular weight excluding hydrogens is 478 g/mol. The van der Waals surface area contributed by atoms with Gasteiger partial charge in [-0.05, 0) is 56.4 Å². The number of hydrogen-bond acceptors (Lipinski definition) is 6. The third-order valence-electron chi connectivity index (χ3n) is 8.33. The lowest BCUT2D eigenvalue weighted by molar-refractivity contribution is -0.0439. The van der Waals surface area contributed by atoms with Crippen molar-refractivity contribution < 1.29 is 19.0 Å². The molecule has 3 aliphatic rings. The molecule has 0 radical (unpaired) electrons. The summed E-state index contributed by atoms with van der Waals surface area (Å²) in [6, 6.07) is 16.4. The van der Waals surface area contributed by atoms with E-state index in [0.29, 0.717) is 41.3 Å². The molecule has 0 bridgehead atoms. The SMILES string of the molecule is COc1cc(C(=O)N(C[C@@H]2C[C@@H]3CCCC[C@@H]3N2)C(C)c2ccc3ccccc3n2)cc2c1OC(C)(C)O2. The molecule has 0 spiro atoms. The van der Waals surface area contributed by atoms with Gasteiger partial charge in [0.1, 0.15) is 0 Å². The zero-order valence-corrected chi connectivity index (χ0v) is 22.7. The lowest BCUT2D eigenvalue weighted by Crippen LogP contribution is -2.44. The number of para-hydroxylation sites is 1. The van der Waals surface area contributed by atoms with Crippen molar-refractivity contribution in [2.75, 3.05) is 13.7 Å². The molecule has 4 atom stereocenters. The molecule has 38 heavy (non-hydrogen) atoms. The maximum absolute atomic E-state index is 14.3. The molecule has 2 aliphatic heterocycles. The largest absolute Gasteiger partial charge is 0.493 e. The van der Waals surface area contributed by atoms with Crippen molar-refractivity contribution in [3.8, 4) is 17.2 Å². The molecule has 2 fully saturated rings. The summed E-state index contributed by atoms with van der Waals surface area (Å²) < 4.78 is 17.6. The highest BCUT2D eigenvalue weighted by Gasteiger charge is 2.39. The van der Waals surface area contributed by atoms with E-state index in [1.54, 1.807) is 19.2 Å². The number of fused-ring (bicyclic) bond motifs is 3. The highest BCUT2D eigenvalue weighted by Crippen LogP contribution is 2.47. The smallest absolute Gasteiger partial charge is 0.254 e. The van der Waals surface area contributed by atoms with E-state index < -0.39 is 5.79 Å². The quantitative estimate of drug-likeness (QED) is 0.442. The highest BCUT2D eigenvalue weighted by molar-refractivity contribution is 5.96. The Balaban J connectivity index is 1.34. The van der Waals surface area contributed by atoms with Gasteiger partial charge in [0, 0.05) is 43.4 Å². The number of pyridine rings is 1. The summed E-state index contributed by atoms with van der Waals surface area (Å²) in [5, 5.41) is 4.95. The number of benzene rings is 2. The van der Waals surface area contributed by atoms with E-state index in [0.717, 1.165) is 23.0 Å². The number of carbonyl (C=O) groups excluding carboxylic acids is 1. The predicted molar refractivity (Wildman–Crippen MR) is 147 cm³/mol. The van der Waals surface area contributed by atoms with Gasteiger partial charge in [0.2, 0.25) is 11.5 Å². The molecule has 200 valence electrons. The van der Waals surface area contributed by atoms with Crippen LogP contribution in [0.15, 0.2) is 48.5 Å². The van der Waals surface area contributed by atoms with Crippen LogP contribution < -0.4 is 19.5 Å². The van der Waals surface area contributed by atoms with E-state index in [1.807, 2.05) is 43.0 Å². The zero-order chi connectivity index (χ0) is 26.4. The Hall–Kier alpha value is -3.32. The van der Waals surface area contributed by atoms with Gasteiger partial charge in [0.05, 0.1) is 24.4 Å². The number of amides is 1. The van der Waals surface area contributed by atoms with Crippen molar-refractivity contribution in [3.05, 3.63) is 59.8 Å². The normalized spacial score (nSPS) is 24.2. The molecule has 7 heteroatoms. The molecule has 3 heterocycles. The molecule has 1 saturated heterocycles. The summed E-state index contributed by atoms with van der Waals surface area (Å²) >= 11 is 0. The van der Waals surface area contributed by atoms with Crippen LogP contribution in [0, 0.1) is 5.92 Å². The molecular formula is C31H37N3O4. The number of carbonyl (C=O) groups is 1. The Kier molecular flexibility index (Phi) is 6.42. The van der Waals surface area contributed by atoms with Gasteiger partial charge in [-0.2, -0.15) is 0 Å². The molecule has 1 N–H and O–H groups in total. The molecule has 2 aromatic carbocycles. The maximum atomic E-state index is 14.3. The second-order valence-corrected chi connectivity index (χ2v) is 11.4. The Labute approximate surface area is 224 Å². The Morgan fingerprint density at radius 1 is 1.16 bits per heavy atom. The third-order valence-corrected chi connectivity index (χ3v) is 8.33. The third kappa shape index (κ3) is 4.68. The summed E-state index contributed by atoms with van der Waals surface area (Å²) in [6.07, 6.45) is 6.20. The summed E-state index contributed by atoms with van der Waals surface area (Å²) in [6.45, 7) is 6.38. The standard InChI is InChI=1S/C31H37N3O4/c1-19(24-14-13-20-9-5-7-11-25(20)33-24)34(18-23-15-21-10-6-8-12-26(21)32-23)30(35)22-16-27(36-4)29-28(17-22)37-31(2,3)38-29/h5,7,9,11,13-14,16-17,19,21,23,26,32H,6,8,10,12,15,18H2,1-4H3/t19?,21-,23-,26-/m0/s1. The zero-order valence-electron chi connectivity index (χ0n) is 22.7. The summed E-state index contributed by atoms with van der Waals surface area (Å²) in [5.41, 5.74) is 2.33. The Morgan fingerprint density at radius 3 is 2.79 bits per heavy atom. The van der Waals surface area contributed by atoms with Gasteiger partial charge in [-0.25, -0.2) is 0 Å². The molecule has 1 aromatic heterocycles. The van der Waals surface area contributed by atoms with Crippen molar-refractivity contribution in [2.24, 2.45) is 5.92 Å². The van der Waals surface area contributed by atoms with E-state index in [4.69, 9.17) is 19.2 Å². The second-order valence-electron chi connectivity index (χ2n) is 11.4. The van der Waals surface area contributed by atoms with Crippen LogP contribution in [-0.4, -0.2) is 47.3 Å². The molecule has 6 rings (SSSR count). The summed E-state index contributed by atoms with van der Waals surface area (Å²) in [7, 11) is 1.59. The Morgan fingerprint density at radius 2 is 1.97 bits per heavy atom. The van der Waals surface area contributed by atoms with E-state index in [1.165, 1.54) is 25.7 Å². The number of methoxy groups -OCH3 is 1. The molecule has 1 unspecified atom stereocenters. The first-order valence-corrected chi connectivity index (χ1v) is 13.8. The molecule has 7 nitrogen and oxygen atoms in total. The van der Waals surface area contributed by atoms with Crippen LogP contribution in [0.5, 0.6) is 17.2 Å². The number of nitrogens with zero attached hydrogens (tertiary/aromatic N) is 2. The monoisotopic (exact) mass is 515 g/mol. The van der Waals surface area contributed by atoms with Crippen LogP contribution in [0.1, 0.15) is 75.0 Å². The van der Waals surface area contributed by atoms with Gasteiger partial charge >= 0.3 is 0 Å². The van der Waals surface area contributed by atoms with Gasteiger partial charge in [-0.1, -0.05) is 37.1 Å². The molecule has 1 amide bonds. The minimum atomic E-state index is -0.816. The summed E-state index contributed by atoms with van der Waals surface area (Å²) in [4.78, 5) is 21.2. The Bertz CT molecular complexity index is 1340. The van der Waals surface area contributed by atoms with E-state index in [-0.39, 0.29) is 18.0 Å². The van der Waals surface area contributed by atoms with E-state index in [9.17, 15) is 4.79 Å². The lowest BCUT2D eigenvalue weighted by atomic mass is 9.85. The molecule has 3 aromatic rings. The molecule has 1 saturated carbocycles. The molecule has 1 aliphatic carbocycles. The van der Waals surface area contributed by atoms with E-state index >= 15 is 0 Å². The van der Waals surface area contributed by atoms with Crippen molar-refractivity contribution >= 4 is 16.8 Å². The second kappa shape index (κ2) is 9.77. The average molecular weight is 516 g/mol. The van der Waals surface area contributed by atoms with Crippen LogP contribution in [0.25, 0.3) is 10.9 Å². The lowest BCUT2D eigenvalue weighted by Gasteiger charge is -2.32. The van der Waals surface area contributed by atoms with Crippen LogP contribution in [0.3, 0.4) is 0 Å².